The first-order chi connectivity index (χ1) is 5.51. The average Bonchev–Trinajstić information content (AvgIpc) is 2.10. The Balaban J connectivity index is 2.56. The van der Waals surface area contributed by atoms with Crippen LogP contribution in [0, 0.1) is 5.92 Å². The van der Waals surface area contributed by atoms with Gasteiger partial charge in [-0.3, -0.25) is 0 Å². The Morgan fingerprint density at radius 1 is 1.58 bits per heavy atom. The van der Waals surface area contributed by atoms with Gasteiger partial charge in [-0.2, -0.15) is 0 Å². The molecule has 1 heterocycles. The van der Waals surface area contributed by atoms with Crippen molar-refractivity contribution in [1.29, 1.82) is 0 Å². The van der Waals surface area contributed by atoms with E-state index in [-0.39, 0.29) is 5.54 Å². The van der Waals surface area contributed by atoms with Crippen LogP contribution < -0.4 is 5.73 Å². The van der Waals surface area contributed by atoms with Crippen LogP contribution in [0.2, 0.25) is 0 Å². The minimum absolute atomic E-state index is 0.208. The van der Waals surface area contributed by atoms with Gasteiger partial charge in [0.05, 0.1) is 11.3 Å². The highest BCUT2D eigenvalue weighted by molar-refractivity contribution is 5.85. The molecule has 1 rings (SSSR count). The third-order valence-corrected chi connectivity index (χ3v) is 2.19. The molecule has 0 aromatic heterocycles. The van der Waals surface area contributed by atoms with Gasteiger partial charge in [-0.15, -0.1) is 0 Å². The predicted octanol–water partition coefficient (Wildman–Crippen LogP) is 1.53. The molecule has 0 amide bonds. The quantitative estimate of drug-likeness (QED) is 0.648. The van der Waals surface area contributed by atoms with E-state index < -0.39 is 0 Å². The number of rotatable bonds is 1. The van der Waals surface area contributed by atoms with E-state index in [9.17, 15) is 0 Å². The van der Waals surface area contributed by atoms with Gasteiger partial charge in [-0.25, -0.2) is 0 Å². The van der Waals surface area contributed by atoms with Crippen molar-refractivity contribution >= 4 is 5.71 Å². The minimum Gasteiger partial charge on any atom is -0.394 e. The molecule has 2 N–H and O–H groups in total. The highest BCUT2D eigenvalue weighted by Crippen LogP contribution is 2.17. The van der Waals surface area contributed by atoms with Gasteiger partial charge in [0.25, 0.3) is 0 Å². The fourth-order valence-corrected chi connectivity index (χ4v) is 1.19. The summed E-state index contributed by atoms with van der Waals surface area (Å²) in [4.78, 5) is 5.15. The lowest BCUT2D eigenvalue weighted by atomic mass is 9.94. The third-order valence-electron chi connectivity index (χ3n) is 2.19. The molecule has 0 aromatic carbocycles. The van der Waals surface area contributed by atoms with Crippen LogP contribution in [-0.4, -0.2) is 17.9 Å². The summed E-state index contributed by atoms with van der Waals surface area (Å²) in [5.74, 6) is 0.471. The van der Waals surface area contributed by atoms with Crippen molar-refractivity contribution < 1.29 is 4.84 Å². The summed E-state index contributed by atoms with van der Waals surface area (Å²) in [6.45, 7) is 6.79. The Bertz CT molecular complexity index is 185. The van der Waals surface area contributed by atoms with Crippen molar-refractivity contribution in [1.82, 2.24) is 0 Å². The van der Waals surface area contributed by atoms with Crippen LogP contribution >= 0.6 is 0 Å². The maximum Gasteiger partial charge on any atom is 0.134 e. The largest absolute Gasteiger partial charge is 0.394 e. The van der Waals surface area contributed by atoms with E-state index in [4.69, 9.17) is 10.6 Å². The van der Waals surface area contributed by atoms with Crippen LogP contribution in [0.5, 0.6) is 0 Å². The zero-order valence-corrected chi connectivity index (χ0v) is 8.13. The van der Waals surface area contributed by atoms with Crippen molar-refractivity contribution in [3.8, 4) is 0 Å². The van der Waals surface area contributed by atoms with E-state index >= 15 is 0 Å². The summed E-state index contributed by atoms with van der Waals surface area (Å²) in [6.07, 6.45) is 1.93. The van der Waals surface area contributed by atoms with E-state index in [0.717, 1.165) is 18.6 Å². The second-order valence-corrected chi connectivity index (χ2v) is 4.16. The van der Waals surface area contributed by atoms with Crippen LogP contribution in [0.4, 0.5) is 0 Å². The van der Waals surface area contributed by atoms with Crippen molar-refractivity contribution in [2.45, 2.75) is 39.2 Å². The Labute approximate surface area is 74.0 Å². The predicted molar refractivity (Wildman–Crippen MR) is 50.1 cm³/mol. The second-order valence-electron chi connectivity index (χ2n) is 4.16. The fourth-order valence-electron chi connectivity index (χ4n) is 1.19. The highest BCUT2D eigenvalue weighted by Gasteiger charge is 2.23. The molecule has 0 aromatic rings. The Hall–Kier alpha value is -0.570. The lowest BCUT2D eigenvalue weighted by Crippen LogP contribution is -2.40. The van der Waals surface area contributed by atoms with Gasteiger partial charge in [0.15, 0.2) is 0 Å². The van der Waals surface area contributed by atoms with E-state index in [0.29, 0.717) is 12.5 Å². The van der Waals surface area contributed by atoms with Gasteiger partial charge in [0.1, 0.15) is 6.61 Å². The minimum atomic E-state index is -0.208. The van der Waals surface area contributed by atoms with Crippen molar-refractivity contribution in [2.75, 3.05) is 6.61 Å². The smallest absolute Gasteiger partial charge is 0.134 e. The third kappa shape index (κ3) is 2.48. The normalized spacial score (nSPS) is 30.9. The van der Waals surface area contributed by atoms with Crippen LogP contribution in [0.1, 0.15) is 33.6 Å². The summed E-state index contributed by atoms with van der Waals surface area (Å²) >= 11 is 0. The Morgan fingerprint density at radius 2 is 2.25 bits per heavy atom. The van der Waals surface area contributed by atoms with Crippen molar-refractivity contribution in [2.24, 2.45) is 16.8 Å². The van der Waals surface area contributed by atoms with Gasteiger partial charge >= 0.3 is 0 Å². The van der Waals surface area contributed by atoms with Crippen LogP contribution in [0.25, 0.3) is 0 Å². The SMILES string of the molecule is CC(C)C1=NOCC(C)(N)CC1. The maximum absolute atomic E-state index is 5.94. The molecule has 3 heteroatoms. The molecular formula is C9H18N2O. The van der Waals surface area contributed by atoms with E-state index in [1.54, 1.807) is 0 Å². The molecule has 0 fully saturated rings. The number of hydrogen-bond acceptors (Lipinski definition) is 3. The first-order valence-corrected chi connectivity index (χ1v) is 4.49. The molecule has 1 unspecified atom stereocenters. The monoisotopic (exact) mass is 170 g/mol. The standard InChI is InChI=1S/C9H18N2O/c1-7(2)8-4-5-9(3,10)6-12-11-8/h7H,4-6,10H2,1-3H3. The summed E-state index contributed by atoms with van der Waals surface area (Å²) < 4.78 is 0. The molecule has 0 saturated heterocycles. The van der Waals surface area contributed by atoms with Crippen LogP contribution in [0.3, 0.4) is 0 Å². The zero-order valence-electron chi connectivity index (χ0n) is 8.13. The molecule has 1 aliphatic heterocycles. The molecule has 0 spiro atoms. The van der Waals surface area contributed by atoms with Crippen molar-refractivity contribution in [3.63, 3.8) is 0 Å². The van der Waals surface area contributed by atoms with Crippen LogP contribution in [-0.2, 0) is 4.84 Å². The molecule has 0 bridgehead atoms. The van der Waals surface area contributed by atoms with Crippen LogP contribution in [0.15, 0.2) is 5.16 Å². The average molecular weight is 170 g/mol. The molecular weight excluding hydrogens is 152 g/mol. The van der Waals surface area contributed by atoms with Gasteiger partial charge in [-0.1, -0.05) is 19.0 Å². The number of nitrogens with zero attached hydrogens (tertiary/aromatic N) is 1. The highest BCUT2D eigenvalue weighted by atomic mass is 16.6. The maximum atomic E-state index is 5.94. The summed E-state index contributed by atoms with van der Waals surface area (Å²) in [6, 6.07) is 0. The van der Waals surface area contributed by atoms with Gasteiger partial charge in [0.2, 0.25) is 0 Å². The van der Waals surface area contributed by atoms with Gasteiger partial charge in [-0.05, 0) is 25.7 Å². The number of nitrogens with two attached hydrogens (primary N) is 1. The van der Waals surface area contributed by atoms with E-state index in [1.165, 1.54) is 0 Å². The molecule has 12 heavy (non-hydrogen) atoms. The second kappa shape index (κ2) is 3.44. The zero-order chi connectivity index (χ0) is 9.19. The number of oxime groups is 1. The summed E-state index contributed by atoms with van der Waals surface area (Å²) in [5, 5.41) is 4.05. The Morgan fingerprint density at radius 3 is 2.83 bits per heavy atom. The first kappa shape index (κ1) is 9.52. The van der Waals surface area contributed by atoms with Gasteiger partial charge in [0, 0.05) is 0 Å². The molecule has 0 radical (unpaired) electrons. The Kier molecular flexibility index (Phi) is 2.73. The molecule has 70 valence electrons. The first-order valence-electron chi connectivity index (χ1n) is 4.49. The van der Waals surface area contributed by atoms with E-state index in [2.05, 4.69) is 19.0 Å². The topological polar surface area (TPSA) is 47.6 Å². The molecule has 1 atom stereocenters. The van der Waals surface area contributed by atoms with Gasteiger partial charge < -0.3 is 10.6 Å². The van der Waals surface area contributed by atoms with Crippen molar-refractivity contribution in [3.05, 3.63) is 0 Å². The lowest BCUT2D eigenvalue weighted by molar-refractivity contribution is 0.102. The summed E-state index contributed by atoms with van der Waals surface area (Å²) in [7, 11) is 0. The molecule has 0 saturated carbocycles. The molecule has 3 nitrogen and oxygen atoms in total. The lowest BCUT2D eigenvalue weighted by Gasteiger charge is -2.19. The molecule has 1 aliphatic rings. The summed E-state index contributed by atoms with van der Waals surface area (Å²) in [5.41, 5.74) is 6.86. The fraction of sp³-hybridized carbons (Fsp3) is 0.889. The molecule has 0 aliphatic carbocycles. The van der Waals surface area contributed by atoms with E-state index in [1.807, 2.05) is 6.92 Å². The number of hydrogen-bond donors (Lipinski definition) is 1.